The topological polar surface area (TPSA) is 88.9 Å². The van der Waals surface area contributed by atoms with Gasteiger partial charge in [0.05, 0.1) is 42.0 Å². The zero-order valence-corrected chi connectivity index (χ0v) is 22.3. The molecule has 3 unspecified atom stereocenters. The monoisotopic (exact) mass is 568 g/mol. The number of rotatable bonds is 5. The Hall–Kier alpha value is -2.50. The highest BCUT2D eigenvalue weighted by Gasteiger charge is 2.51. The zero-order valence-electron chi connectivity index (χ0n) is 21.5. The molecule has 1 aliphatic heterocycles. The molecule has 3 fully saturated rings. The van der Waals surface area contributed by atoms with Gasteiger partial charge in [-0.3, -0.25) is 9.53 Å². The van der Waals surface area contributed by atoms with Crippen molar-refractivity contribution in [3.05, 3.63) is 41.4 Å². The summed E-state index contributed by atoms with van der Waals surface area (Å²) in [5.74, 6) is 0.512. The highest BCUT2D eigenvalue weighted by Crippen LogP contribution is 2.49. The Kier molecular flexibility index (Phi) is 6.74. The third-order valence-electron chi connectivity index (χ3n) is 8.99. The van der Waals surface area contributed by atoms with Gasteiger partial charge in [0.1, 0.15) is 5.75 Å². The van der Waals surface area contributed by atoms with E-state index in [9.17, 15) is 23.1 Å². The number of benzene rings is 1. The molecule has 12 heteroatoms. The van der Waals surface area contributed by atoms with Crippen LogP contribution in [0.2, 0.25) is 5.02 Å². The lowest BCUT2D eigenvalue weighted by Crippen LogP contribution is -2.65. The van der Waals surface area contributed by atoms with Crippen molar-refractivity contribution in [3.8, 4) is 5.75 Å². The molecule has 6 rings (SSSR count). The van der Waals surface area contributed by atoms with Gasteiger partial charge in [-0.05, 0) is 62.6 Å². The van der Waals surface area contributed by atoms with Gasteiger partial charge < -0.3 is 24.6 Å². The van der Waals surface area contributed by atoms with Crippen LogP contribution >= 0.6 is 11.6 Å². The molecule has 39 heavy (non-hydrogen) atoms. The molecule has 8 nitrogen and oxygen atoms in total. The maximum atomic E-state index is 13.4. The summed E-state index contributed by atoms with van der Waals surface area (Å²) < 4.78 is 49.5. The molecule has 0 saturated heterocycles. The van der Waals surface area contributed by atoms with Gasteiger partial charge in [-0.2, -0.15) is 0 Å². The summed E-state index contributed by atoms with van der Waals surface area (Å²) in [4.78, 5) is 19.8. The number of amides is 1. The molecule has 212 valence electrons. The van der Waals surface area contributed by atoms with Crippen LogP contribution in [-0.4, -0.2) is 64.4 Å². The molecule has 2 N–H and O–H groups in total. The molecule has 1 amide bonds. The van der Waals surface area contributed by atoms with E-state index in [-0.39, 0.29) is 23.8 Å². The second-order valence-electron chi connectivity index (χ2n) is 11.5. The van der Waals surface area contributed by atoms with E-state index in [4.69, 9.17) is 16.3 Å². The van der Waals surface area contributed by atoms with Crippen molar-refractivity contribution in [2.24, 2.45) is 5.92 Å². The number of anilines is 1. The summed E-state index contributed by atoms with van der Waals surface area (Å²) in [7, 11) is 1.89. The first-order valence-corrected chi connectivity index (χ1v) is 13.8. The zero-order chi connectivity index (χ0) is 27.5. The lowest BCUT2D eigenvalue weighted by molar-refractivity contribution is -0.351. The number of nitrogens with zero attached hydrogens (tertiary/aromatic N) is 3. The molecule has 0 radical (unpaired) electrons. The minimum absolute atomic E-state index is 0.00238. The minimum Gasteiger partial charge on any atom is -0.477 e. The maximum Gasteiger partial charge on any atom is 0.522 e. The van der Waals surface area contributed by atoms with Crippen molar-refractivity contribution in [1.29, 1.82) is 0 Å². The molecule has 1 aromatic heterocycles. The van der Waals surface area contributed by atoms with Crippen LogP contribution in [0.4, 0.5) is 18.9 Å². The quantitative estimate of drug-likeness (QED) is 0.549. The SMILES string of the molecule is CN1CC(C(=O)N[C@@]23CCCC(C2)C(n2cnc(C4CC(OC(F)(F)F)C4)c2)C[C@@H]3O)Oc2ccc(Cl)cc21. The van der Waals surface area contributed by atoms with Crippen molar-refractivity contribution in [2.45, 2.75) is 87.1 Å². The number of aliphatic hydroxyl groups excluding tert-OH is 1. The molecule has 2 bridgehead atoms. The summed E-state index contributed by atoms with van der Waals surface area (Å²) in [5.41, 5.74) is 0.860. The number of nitrogens with one attached hydrogen (secondary N) is 1. The summed E-state index contributed by atoms with van der Waals surface area (Å²) in [6, 6.07) is 5.30. The van der Waals surface area contributed by atoms with Gasteiger partial charge in [0, 0.05) is 30.2 Å². The Labute approximate surface area is 229 Å². The minimum atomic E-state index is -4.62. The number of fused-ring (bicyclic) bond motifs is 3. The first-order chi connectivity index (χ1) is 18.5. The van der Waals surface area contributed by atoms with Crippen LogP contribution in [0.5, 0.6) is 5.75 Å². The number of carbonyl (C=O) groups is 1. The second-order valence-corrected chi connectivity index (χ2v) is 12.0. The van der Waals surface area contributed by atoms with E-state index < -0.39 is 30.2 Å². The third-order valence-corrected chi connectivity index (χ3v) is 9.23. The van der Waals surface area contributed by atoms with E-state index in [0.29, 0.717) is 49.4 Å². The van der Waals surface area contributed by atoms with E-state index in [1.165, 1.54) is 0 Å². The van der Waals surface area contributed by atoms with Crippen LogP contribution in [0, 0.1) is 5.92 Å². The fourth-order valence-electron chi connectivity index (χ4n) is 6.92. The predicted octanol–water partition coefficient (Wildman–Crippen LogP) is 4.57. The lowest BCUT2D eigenvalue weighted by atomic mass is 9.63. The third kappa shape index (κ3) is 5.20. The number of likely N-dealkylation sites (N-methyl/N-ethyl adjacent to an activating group) is 1. The smallest absolute Gasteiger partial charge is 0.477 e. The standard InChI is InChI=1S/C27H32ClF3N4O4/c1-34-13-23(38-22-5-4-17(28)9-21(22)34)25(37)33-26-6-2-3-15(11-26)20(10-24(26)36)35-12-19(32-14-35)16-7-18(8-16)39-27(29,30)31/h4-5,9,12,14-16,18,20,23-24,36H,2-3,6-8,10-11,13H2,1H3,(H,33,37)/t15?,16?,18?,20?,23?,24-,26-/m0/s1. The summed E-state index contributed by atoms with van der Waals surface area (Å²) in [6.07, 6.45) is 0.911. The molecule has 3 aliphatic carbocycles. The molecule has 2 aromatic rings. The van der Waals surface area contributed by atoms with Crippen molar-refractivity contribution < 1.29 is 32.5 Å². The molecule has 1 aromatic carbocycles. The van der Waals surface area contributed by atoms with E-state index in [0.717, 1.165) is 24.2 Å². The van der Waals surface area contributed by atoms with Gasteiger partial charge in [0.15, 0.2) is 6.10 Å². The molecule has 2 heterocycles. The van der Waals surface area contributed by atoms with Gasteiger partial charge in [-0.25, -0.2) is 4.98 Å². The number of imidazole rings is 1. The van der Waals surface area contributed by atoms with Gasteiger partial charge in [0.2, 0.25) is 0 Å². The van der Waals surface area contributed by atoms with Crippen LogP contribution in [0.25, 0.3) is 0 Å². The second kappa shape index (κ2) is 9.85. The fourth-order valence-corrected chi connectivity index (χ4v) is 7.08. The Morgan fingerprint density at radius 3 is 2.87 bits per heavy atom. The summed E-state index contributed by atoms with van der Waals surface area (Å²) >= 11 is 6.12. The first-order valence-electron chi connectivity index (χ1n) is 13.4. The van der Waals surface area contributed by atoms with Gasteiger partial charge >= 0.3 is 6.36 Å². The van der Waals surface area contributed by atoms with Crippen molar-refractivity contribution in [3.63, 3.8) is 0 Å². The Morgan fingerprint density at radius 2 is 2.10 bits per heavy atom. The van der Waals surface area contributed by atoms with Crippen LogP contribution in [-0.2, 0) is 9.53 Å². The number of halogens is 4. The molecule has 0 spiro atoms. The van der Waals surface area contributed by atoms with Gasteiger partial charge in [-0.1, -0.05) is 18.0 Å². The van der Waals surface area contributed by atoms with Crippen molar-refractivity contribution in [1.82, 2.24) is 14.9 Å². The number of carbonyl (C=O) groups excluding carboxylic acids is 1. The fraction of sp³-hybridized carbons (Fsp3) is 0.630. The molecule has 3 saturated carbocycles. The van der Waals surface area contributed by atoms with Crippen molar-refractivity contribution in [2.75, 3.05) is 18.5 Å². The maximum absolute atomic E-state index is 13.4. The normalized spacial score (nSPS) is 34.1. The predicted molar refractivity (Wildman–Crippen MR) is 137 cm³/mol. The first kappa shape index (κ1) is 26.7. The highest BCUT2D eigenvalue weighted by atomic mass is 35.5. The van der Waals surface area contributed by atoms with Crippen molar-refractivity contribution >= 4 is 23.2 Å². The largest absolute Gasteiger partial charge is 0.522 e. The molecular weight excluding hydrogens is 537 g/mol. The average Bonchev–Trinajstić information content (AvgIpc) is 3.33. The Bertz CT molecular complexity index is 1240. The van der Waals surface area contributed by atoms with Crippen LogP contribution in [0.1, 0.15) is 62.6 Å². The van der Waals surface area contributed by atoms with E-state index in [2.05, 4.69) is 15.0 Å². The summed E-state index contributed by atoms with van der Waals surface area (Å²) in [6.45, 7) is 0.366. The van der Waals surface area contributed by atoms with Gasteiger partial charge in [-0.15, -0.1) is 13.2 Å². The highest BCUT2D eigenvalue weighted by molar-refractivity contribution is 6.31. The number of alkyl halides is 3. The Morgan fingerprint density at radius 1 is 1.31 bits per heavy atom. The number of aliphatic hydroxyl groups is 1. The van der Waals surface area contributed by atoms with Crippen LogP contribution in [0.3, 0.4) is 0 Å². The number of hydrogen-bond acceptors (Lipinski definition) is 6. The number of aromatic nitrogens is 2. The van der Waals surface area contributed by atoms with E-state index >= 15 is 0 Å². The molecule has 4 aliphatic rings. The van der Waals surface area contributed by atoms with Gasteiger partial charge in [0.25, 0.3) is 5.91 Å². The van der Waals surface area contributed by atoms with E-state index in [1.54, 1.807) is 18.5 Å². The lowest BCUT2D eigenvalue weighted by Gasteiger charge is -2.52. The Balaban J connectivity index is 1.11. The number of hydrogen-bond donors (Lipinski definition) is 2. The van der Waals surface area contributed by atoms with Crippen LogP contribution < -0.4 is 15.0 Å². The van der Waals surface area contributed by atoms with Crippen LogP contribution in [0.15, 0.2) is 30.7 Å². The van der Waals surface area contributed by atoms with E-state index in [1.807, 2.05) is 28.8 Å². The molecular formula is C27H32ClF3N4O4. The molecule has 5 atom stereocenters. The number of ether oxygens (including phenoxy) is 2. The summed E-state index contributed by atoms with van der Waals surface area (Å²) in [5, 5.41) is 15.1. The average molecular weight is 569 g/mol.